The number of pyridine rings is 1. The number of ketones is 1. The number of benzene rings is 1. The molecule has 0 bridgehead atoms. The first-order valence-electron chi connectivity index (χ1n) is 5.08. The minimum absolute atomic E-state index is 0.00957. The lowest BCUT2D eigenvalue weighted by molar-refractivity contribution is 0.0921. The molecule has 4 heteroatoms. The van der Waals surface area contributed by atoms with Crippen LogP contribution >= 0.6 is 11.6 Å². The number of halogens is 1. The largest absolute Gasteiger partial charge is 0.485 e. The number of ether oxygens (including phenoxy) is 1. The normalized spacial score (nSPS) is 9.94. The molecular weight excluding hydrogens is 238 g/mol. The van der Waals surface area contributed by atoms with E-state index in [2.05, 4.69) is 4.98 Å². The molecule has 3 nitrogen and oxygen atoms in total. The van der Waals surface area contributed by atoms with Gasteiger partial charge in [-0.25, -0.2) is 4.98 Å². The Hall–Kier alpha value is -1.87. The van der Waals surface area contributed by atoms with E-state index < -0.39 is 0 Å². The highest BCUT2D eigenvalue weighted by Crippen LogP contribution is 2.14. The average Bonchev–Trinajstić information content (AvgIpc) is 2.37. The first-order valence-corrected chi connectivity index (χ1v) is 5.46. The van der Waals surface area contributed by atoms with Gasteiger partial charge < -0.3 is 4.74 Å². The number of rotatable bonds is 4. The first kappa shape index (κ1) is 11.6. The monoisotopic (exact) mass is 247 g/mol. The molecule has 1 heterocycles. The fourth-order valence-electron chi connectivity index (χ4n) is 1.33. The van der Waals surface area contributed by atoms with E-state index in [0.717, 1.165) is 0 Å². The van der Waals surface area contributed by atoms with Gasteiger partial charge in [-0.05, 0) is 6.07 Å². The third-order valence-electron chi connectivity index (χ3n) is 2.16. The summed E-state index contributed by atoms with van der Waals surface area (Å²) in [6.45, 7) is -0.00957. The van der Waals surface area contributed by atoms with Gasteiger partial charge in [0.1, 0.15) is 10.9 Å². The zero-order valence-electron chi connectivity index (χ0n) is 8.97. The minimum Gasteiger partial charge on any atom is -0.485 e. The first-order chi connectivity index (χ1) is 8.25. The molecule has 0 unspecified atom stereocenters. The number of carbonyl (C=O) groups excluding carboxylic acids is 1. The smallest absolute Gasteiger partial charge is 0.200 e. The van der Waals surface area contributed by atoms with Crippen LogP contribution in [0, 0.1) is 0 Å². The van der Waals surface area contributed by atoms with Gasteiger partial charge in [-0.2, -0.15) is 0 Å². The van der Waals surface area contributed by atoms with Crippen molar-refractivity contribution in [2.24, 2.45) is 0 Å². The maximum atomic E-state index is 11.7. The number of Topliss-reactive ketones (excluding diaryl/α,β-unsaturated/α-hetero) is 1. The highest BCUT2D eigenvalue weighted by atomic mass is 35.5. The molecule has 0 aliphatic rings. The summed E-state index contributed by atoms with van der Waals surface area (Å²) in [5.74, 6) is 0.466. The van der Waals surface area contributed by atoms with E-state index in [-0.39, 0.29) is 12.4 Å². The van der Waals surface area contributed by atoms with Crippen LogP contribution < -0.4 is 4.74 Å². The highest BCUT2D eigenvalue weighted by molar-refractivity contribution is 6.29. The third-order valence-corrected chi connectivity index (χ3v) is 2.37. The maximum Gasteiger partial charge on any atom is 0.200 e. The van der Waals surface area contributed by atoms with E-state index in [1.807, 2.05) is 18.2 Å². The van der Waals surface area contributed by atoms with Crippen molar-refractivity contribution in [3.63, 3.8) is 0 Å². The van der Waals surface area contributed by atoms with Crippen LogP contribution in [-0.4, -0.2) is 17.4 Å². The van der Waals surface area contributed by atoms with E-state index in [1.54, 1.807) is 24.3 Å². The molecule has 0 aliphatic carbocycles. The van der Waals surface area contributed by atoms with E-state index in [9.17, 15) is 4.79 Å². The number of hydrogen-bond donors (Lipinski definition) is 0. The Labute approximate surface area is 104 Å². The molecule has 0 radical (unpaired) electrons. The lowest BCUT2D eigenvalue weighted by Gasteiger charge is -2.05. The molecule has 0 N–H and O–H groups in total. The summed E-state index contributed by atoms with van der Waals surface area (Å²) >= 11 is 5.70. The minimum atomic E-state index is -0.0708. The van der Waals surface area contributed by atoms with Gasteiger partial charge >= 0.3 is 0 Å². The molecule has 2 aromatic rings. The van der Waals surface area contributed by atoms with Crippen LogP contribution in [0.4, 0.5) is 0 Å². The van der Waals surface area contributed by atoms with Crippen LogP contribution in [0.1, 0.15) is 10.4 Å². The lowest BCUT2D eigenvalue weighted by atomic mass is 10.1. The third kappa shape index (κ3) is 3.29. The van der Waals surface area contributed by atoms with E-state index in [0.29, 0.717) is 16.5 Å². The van der Waals surface area contributed by atoms with E-state index >= 15 is 0 Å². The summed E-state index contributed by atoms with van der Waals surface area (Å²) < 4.78 is 5.33. The van der Waals surface area contributed by atoms with Gasteiger partial charge in [0.15, 0.2) is 12.4 Å². The van der Waals surface area contributed by atoms with Crippen LogP contribution in [-0.2, 0) is 0 Å². The standard InChI is InChI=1S/C13H10ClNO2/c14-13-8-11(6-7-15-13)17-9-12(16)10-4-2-1-3-5-10/h1-8H,9H2. The van der Waals surface area contributed by atoms with Gasteiger partial charge in [-0.15, -0.1) is 0 Å². The maximum absolute atomic E-state index is 11.7. The molecule has 0 amide bonds. The molecule has 1 aromatic heterocycles. The Morgan fingerprint density at radius 3 is 2.71 bits per heavy atom. The Bertz CT molecular complexity index is 514. The molecule has 17 heavy (non-hydrogen) atoms. The highest BCUT2D eigenvalue weighted by Gasteiger charge is 2.06. The molecule has 0 atom stereocenters. The quantitative estimate of drug-likeness (QED) is 0.616. The lowest BCUT2D eigenvalue weighted by Crippen LogP contribution is -2.11. The molecule has 0 spiro atoms. The number of carbonyl (C=O) groups is 1. The molecule has 0 fully saturated rings. The van der Waals surface area contributed by atoms with Gasteiger partial charge in [0.05, 0.1) is 0 Å². The second-order valence-electron chi connectivity index (χ2n) is 3.39. The Kier molecular flexibility index (Phi) is 3.73. The Morgan fingerprint density at radius 2 is 2.00 bits per heavy atom. The summed E-state index contributed by atoms with van der Waals surface area (Å²) in [6.07, 6.45) is 1.53. The molecule has 0 saturated carbocycles. The van der Waals surface area contributed by atoms with Crippen LogP contribution in [0.25, 0.3) is 0 Å². The SMILES string of the molecule is O=C(COc1ccnc(Cl)c1)c1ccccc1. The van der Waals surface area contributed by atoms with Gasteiger partial charge in [0.2, 0.25) is 0 Å². The van der Waals surface area contributed by atoms with Crippen LogP contribution in [0.15, 0.2) is 48.7 Å². The van der Waals surface area contributed by atoms with Crippen molar-refractivity contribution in [2.45, 2.75) is 0 Å². The predicted molar refractivity (Wildman–Crippen MR) is 65.5 cm³/mol. The van der Waals surface area contributed by atoms with Crippen LogP contribution in [0.5, 0.6) is 5.75 Å². The predicted octanol–water partition coefficient (Wildman–Crippen LogP) is 3.00. The fraction of sp³-hybridized carbons (Fsp3) is 0.0769. The van der Waals surface area contributed by atoms with E-state index in [1.165, 1.54) is 6.20 Å². The van der Waals surface area contributed by atoms with Crippen molar-refractivity contribution in [3.8, 4) is 5.75 Å². The summed E-state index contributed by atoms with van der Waals surface area (Å²) in [4.78, 5) is 15.6. The van der Waals surface area contributed by atoms with Crippen molar-refractivity contribution >= 4 is 17.4 Å². The molecular formula is C13H10ClNO2. The number of nitrogens with zero attached hydrogens (tertiary/aromatic N) is 1. The van der Waals surface area contributed by atoms with Crippen LogP contribution in [0.3, 0.4) is 0 Å². The number of hydrogen-bond acceptors (Lipinski definition) is 3. The topological polar surface area (TPSA) is 39.2 Å². The molecule has 86 valence electrons. The Balaban J connectivity index is 1.97. The van der Waals surface area contributed by atoms with Crippen molar-refractivity contribution in [1.82, 2.24) is 4.98 Å². The molecule has 1 aromatic carbocycles. The van der Waals surface area contributed by atoms with Crippen molar-refractivity contribution in [3.05, 3.63) is 59.4 Å². The second-order valence-corrected chi connectivity index (χ2v) is 3.78. The molecule has 0 aliphatic heterocycles. The number of aromatic nitrogens is 1. The molecule has 0 saturated heterocycles. The summed E-state index contributed by atoms with van der Waals surface area (Å²) in [6, 6.07) is 12.2. The Morgan fingerprint density at radius 1 is 1.24 bits per heavy atom. The fourth-order valence-corrected chi connectivity index (χ4v) is 1.49. The summed E-state index contributed by atoms with van der Waals surface area (Å²) in [5, 5.41) is 0.342. The summed E-state index contributed by atoms with van der Waals surface area (Å²) in [7, 11) is 0. The van der Waals surface area contributed by atoms with Gasteiger partial charge in [0, 0.05) is 17.8 Å². The van der Waals surface area contributed by atoms with Crippen LogP contribution in [0.2, 0.25) is 5.15 Å². The molecule has 2 rings (SSSR count). The van der Waals surface area contributed by atoms with Crippen molar-refractivity contribution in [1.29, 1.82) is 0 Å². The van der Waals surface area contributed by atoms with Gasteiger partial charge in [-0.1, -0.05) is 41.9 Å². The van der Waals surface area contributed by atoms with E-state index in [4.69, 9.17) is 16.3 Å². The average molecular weight is 248 g/mol. The van der Waals surface area contributed by atoms with Gasteiger partial charge in [-0.3, -0.25) is 4.79 Å². The zero-order chi connectivity index (χ0) is 12.1. The second kappa shape index (κ2) is 5.46. The summed E-state index contributed by atoms with van der Waals surface area (Å²) in [5.41, 5.74) is 0.632. The van der Waals surface area contributed by atoms with Crippen molar-refractivity contribution < 1.29 is 9.53 Å². The zero-order valence-corrected chi connectivity index (χ0v) is 9.72. The van der Waals surface area contributed by atoms with Crippen molar-refractivity contribution in [2.75, 3.05) is 6.61 Å². The van der Waals surface area contributed by atoms with Gasteiger partial charge in [0.25, 0.3) is 0 Å².